The molecule has 0 unspecified atom stereocenters. The van der Waals surface area contributed by atoms with E-state index in [1.54, 1.807) is 0 Å². The van der Waals surface area contributed by atoms with Gasteiger partial charge in [0.25, 0.3) is 0 Å². The predicted molar refractivity (Wildman–Crippen MR) is 105 cm³/mol. The van der Waals surface area contributed by atoms with Gasteiger partial charge in [0, 0.05) is 36.4 Å². The van der Waals surface area contributed by atoms with Crippen LogP contribution in [0.25, 0.3) is 0 Å². The smallest absolute Gasteiger partial charge is 0.222 e. The van der Waals surface area contributed by atoms with Gasteiger partial charge in [-0.25, -0.2) is 0 Å². The van der Waals surface area contributed by atoms with Crippen LogP contribution in [0.3, 0.4) is 0 Å². The molecule has 0 bridgehead atoms. The van der Waals surface area contributed by atoms with E-state index in [-0.39, 0.29) is 5.91 Å². The normalized spacial score (nSPS) is 10.8. The van der Waals surface area contributed by atoms with Crippen LogP contribution in [-0.4, -0.2) is 21.9 Å². The Hall–Kier alpha value is -1.74. The molecular formula is C21H29ClN2O. The number of hydrogen-bond donors (Lipinski definition) is 0. The molecule has 0 N–H and O–H groups in total. The van der Waals surface area contributed by atoms with Gasteiger partial charge in [-0.2, -0.15) is 0 Å². The summed E-state index contributed by atoms with van der Waals surface area (Å²) in [4.78, 5) is 14.6. The molecule has 0 saturated heterocycles. The number of nitrogens with zero attached hydrogens (tertiary/aromatic N) is 2. The molecule has 0 aliphatic carbocycles. The first kappa shape index (κ1) is 19.6. The van der Waals surface area contributed by atoms with Gasteiger partial charge in [0.2, 0.25) is 5.91 Å². The number of carbonyl (C=O) groups is 1. The first-order valence-corrected chi connectivity index (χ1v) is 9.68. The Morgan fingerprint density at radius 1 is 1.08 bits per heavy atom. The summed E-state index contributed by atoms with van der Waals surface area (Å²) in [5.74, 6) is 0.265. The highest BCUT2D eigenvalue weighted by Gasteiger charge is 2.15. The number of carbonyl (C=O) groups excluding carboxylic acids is 1. The largest absolute Gasteiger partial charge is 0.345 e. The fourth-order valence-corrected chi connectivity index (χ4v) is 3.08. The fourth-order valence-electron chi connectivity index (χ4n) is 2.88. The van der Waals surface area contributed by atoms with Crippen molar-refractivity contribution in [2.24, 2.45) is 0 Å². The lowest BCUT2D eigenvalue weighted by molar-refractivity contribution is -0.132. The maximum Gasteiger partial charge on any atom is 0.222 e. The maximum atomic E-state index is 12.6. The SMILES string of the molecule is CCCCC(=O)N(CCCC)Cc1cccn1Cc1ccccc1Cl. The molecular weight excluding hydrogens is 332 g/mol. The van der Waals surface area contributed by atoms with Gasteiger partial charge in [0.1, 0.15) is 0 Å². The number of rotatable bonds is 10. The molecule has 0 atom stereocenters. The lowest BCUT2D eigenvalue weighted by Crippen LogP contribution is -2.32. The van der Waals surface area contributed by atoms with Crippen molar-refractivity contribution >= 4 is 17.5 Å². The third kappa shape index (κ3) is 5.93. The molecule has 0 spiro atoms. The summed E-state index contributed by atoms with van der Waals surface area (Å²) in [5, 5.41) is 0.781. The van der Waals surface area contributed by atoms with E-state index in [2.05, 4.69) is 30.7 Å². The quantitative estimate of drug-likeness (QED) is 0.548. The zero-order chi connectivity index (χ0) is 18.1. The van der Waals surface area contributed by atoms with Crippen molar-refractivity contribution in [2.45, 2.75) is 59.0 Å². The number of aromatic nitrogens is 1. The summed E-state index contributed by atoms with van der Waals surface area (Å²) >= 11 is 6.30. The van der Waals surface area contributed by atoms with Crippen LogP contribution in [0.5, 0.6) is 0 Å². The van der Waals surface area contributed by atoms with Crippen molar-refractivity contribution in [3.63, 3.8) is 0 Å². The summed E-state index contributed by atoms with van der Waals surface area (Å²) in [6.45, 7) is 6.51. The predicted octanol–water partition coefficient (Wildman–Crippen LogP) is 5.51. The topological polar surface area (TPSA) is 25.2 Å². The van der Waals surface area contributed by atoms with Crippen LogP contribution in [-0.2, 0) is 17.9 Å². The lowest BCUT2D eigenvalue weighted by Gasteiger charge is -2.24. The highest BCUT2D eigenvalue weighted by Crippen LogP contribution is 2.18. The first-order valence-electron chi connectivity index (χ1n) is 9.30. The Bertz CT molecular complexity index is 665. The standard InChI is InChI=1S/C21H29ClN2O/c1-3-5-13-21(25)24(14-6-4-2)17-19-11-9-15-23(19)16-18-10-7-8-12-20(18)22/h7-12,15H,3-6,13-14,16-17H2,1-2H3. The minimum Gasteiger partial charge on any atom is -0.345 e. The molecule has 0 aliphatic heterocycles. The summed E-state index contributed by atoms with van der Waals surface area (Å²) in [6, 6.07) is 12.1. The fraction of sp³-hybridized carbons (Fsp3) is 0.476. The van der Waals surface area contributed by atoms with Gasteiger partial charge in [-0.15, -0.1) is 0 Å². The average Bonchev–Trinajstić information content (AvgIpc) is 3.05. The Kier molecular flexibility index (Phi) is 8.07. The average molecular weight is 361 g/mol. The zero-order valence-electron chi connectivity index (χ0n) is 15.4. The van der Waals surface area contributed by atoms with Crippen LogP contribution in [0, 0.1) is 0 Å². The Morgan fingerprint density at radius 3 is 2.56 bits per heavy atom. The number of amides is 1. The van der Waals surface area contributed by atoms with Crippen LogP contribution in [0.4, 0.5) is 0 Å². The zero-order valence-corrected chi connectivity index (χ0v) is 16.1. The summed E-state index contributed by atoms with van der Waals surface area (Å²) in [5.41, 5.74) is 2.25. The molecule has 2 rings (SSSR count). The molecule has 1 amide bonds. The van der Waals surface area contributed by atoms with Crippen molar-refractivity contribution in [3.05, 3.63) is 58.9 Å². The summed E-state index contributed by atoms with van der Waals surface area (Å²) < 4.78 is 2.19. The second-order valence-electron chi connectivity index (χ2n) is 6.49. The third-order valence-electron chi connectivity index (χ3n) is 4.45. The van der Waals surface area contributed by atoms with Crippen LogP contribution in [0.1, 0.15) is 57.2 Å². The summed E-state index contributed by atoms with van der Waals surface area (Å²) in [6.07, 6.45) is 6.86. The molecule has 0 radical (unpaired) electrons. The highest BCUT2D eigenvalue weighted by molar-refractivity contribution is 6.31. The van der Waals surface area contributed by atoms with E-state index in [4.69, 9.17) is 11.6 Å². The highest BCUT2D eigenvalue weighted by atomic mass is 35.5. The van der Waals surface area contributed by atoms with Gasteiger partial charge in [-0.3, -0.25) is 4.79 Å². The van der Waals surface area contributed by atoms with Gasteiger partial charge in [-0.1, -0.05) is 56.5 Å². The number of hydrogen-bond acceptors (Lipinski definition) is 1. The van der Waals surface area contributed by atoms with E-state index in [9.17, 15) is 4.79 Å². The van der Waals surface area contributed by atoms with E-state index in [1.165, 1.54) is 0 Å². The molecule has 1 aromatic carbocycles. The monoisotopic (exact) mass is 360 g/mol. The van der Waals surface area contributed by atoms with Crippen molar-refractivity contribution in [1.82, 2.24) is 9.47 Å². The number of benzene rings is 1. The molecule has 4 heteroatoms. The second kappa shape index (κ2) is 10.3. The van der Waals surface area contributed by atoms with Crippen LogP contribution < -0.4 is 0 Å². The molecule has 25 heavy (non-hydrogen) atoms. The van der Waals surface area contributed by atoms with Crippen molar-refractivity contribution in [3.8, 4) is 0 Å². The van der Waals surface area contributed by atoms with E-state index < -0.39 is 0 Å². The van der Waals surface area contributed by atoms with Crippen molar-refractivity contribution in [2.75, 3.05) is 6.54 Å². The lowest BCUT2D eigenvalue weighted by atomic mass is 10.2. The Labute approximate surface area is 156 Å². The van der Waals surface area contributed by atoms with Crippen LogP contribution >= 0.6 is 11.6 Å². The Morgan fingerprint density at radius 2 is 1.84 bits per heavy atom. The molecule has 136 valence electrons. The minimum atomic E-state index is 0.265. The van der Waals surface area contributed by atoms with Crippen LogP contribution in [0.2, 0.25) is 5.02 Å². The number of halogens is 1. The molecule has 1 aromatic heterocycles. The van der Waals surface area contributed by atoms with E-state index in [0.29, 0.717) is 13.0 Å². The Balaban J connectivity index is 2.10. The molecule has 3 nitrogen and oxygen atoms in total. The van der Waals surface area contributed by atoms with Gasteiger partial charge >= 0.3 is 0 Å². The van der Waals surface area contributed by atoms with Gasteiger partial charge in [0.15, 0.2) is 0 Å². The molecule has 0 aliphatic rings. The van der Waals surface area contributed by atoms with Crippen molar-refractivity contribution < 1.29 is 4.79 Å². The summed E-state index contributed by atoms with van der Waals surface area (Å²) in [7, 11) is 0. The first-order chi connectivity index (χ1) is 12.2. The van der Waals surface area contributed by atoms with E-state index >= 15 is 0 Å². The number of unbranched alkanes of at least 4 members (excludes halogenated alkanes) is 2. The maximum absolute atomic E-state index is 12.6. The second-order valence-corrected chi connectivity index (χ2v) is 6.90. The molecule has 1 heterocycles. The van der Waals surface area contributed by atoms with Crippen LogP contribution in [0.15, 0.2) is 42.6 Å². The third-order valence-corrected chi connectivity index (χ3v) is 4.82. The van der Waals surface area contributed by atoms with E-state index in [0.717, 1.165) is 55.1 Å². The molecule has 0 saturated carbocycles. The van der Waals surface area contributed by atoms with E-state index in [1.807, 2.05) is 35.2 Å². The van der Waals surface area contributed by atoms with Gasteiger partial charge < -0.3 is 9.47 Å². The van der Waals surface area contributed by atoms with Gasteiger partial charge in [0.05, 0.1) is 6.54 Å². The minimum absolute atomic E-state index is 0.265. The molecule has 2 aromatic rings. The molecule has 0 fully saturated rings. The van der Waals surface area contributed by atoms with Gasteiger partial charge in [-0.05, 0) is 36.6 Å². The van der Waals surface area contributed by atoms with Crippen molar-refractivity contribution in [1.29, 1.82) is 0 Å².